The number of hydrogen-bond donors (Lipinski definition) is 1. The van der Waals surface area contributed by atoms with Gasteiger partial charge in [0.05, 0.1) is 22.0 Å². The lowest BCUT2D eigenvalue weighted by atomic mass is 9.78. The maximum Gasteiger partial charge on any atom is 0.281 e. The topological polar surface area (TPSA) is 46.9 Å². The molecule has 0 aliphatic carbocycles. The minimum absolute atomic E-state index is 0.153. The Hall–Kier alpha value is -1.98. The van der Waals surface area contributed by atoms with E-state index in [1.165, 1.54) is 24.0 Å². The Morgan fingerprint density at radius 3 is 2.79 bits per heavy atom. The van der Waals surface area contributed by atoms with Gasteiger partial charge in [0, 0.05) is 4.47 Å². The van der Waals surface area contributed by atoms with Gasteiger partial charge < -0.3 is 5.32 Å². The Bertz CT molecular complexity index is 1150. The number of fused-ring (bicyclic) bond motifs is 5. The molecule has 0 spiro atoms. The van der Waals surface area contributed by atoms with E-state index in [1.807, 2.05) is 18.2 Å². The Morgan fingerprint density at radius 2 is 2.04 bits per heavy atom. The lowest BCUT2D eigenvalue weighted by Gasteiger charge is -2.26. The highest BCUT2D eigenvalue weighted by molar-refractivity contribution is 9.10. The molecule has 1 aromatic heterocycles. The van der Waals surface area contributed by atoms with Crippen LogP contribution in [0.5, 0.6) is 0 Å². The molecule has 28 heavy (non-hydrogen) atoms. The minimum atomic E-state index is -0.256. The normalized spacial score (nSPS) is 21.7. The fourth-order valence-corrected chi connectivity index (χ4v) is 5.44. The summed E-state index contributed by atoms with van der Waals surface area (Å²) in [6.07, 6.45) is 3.27. The summed E-state index contributed by atoms with van der Waals surface area (Å²) in [7, 11) is 0. The highest BCUT2D eigenvalue weighted by Gasteiger charge is 2.41. The van der Waals surface area contributed by atoms with Crippen molar-refractivity contribution in [3.8, 4) is 5.69 Å². The molecule has 0 amide bonds. The summed E-state index contributed by atoms with van der Waals surface area (Å²) in [5, 5.41) is 4.11. The molecule has 3 heterocycles. The van der Waals surface area contributed by atoms with Crippen LogP contribution in [-0.4, -0.2) is 22.6 Å². The van der Waals surface area contributed by atoms with E-state index in [0.717, 1.165) is 41.0 Å². The van der Waals surface area contributed by atoms with Crippen molar-refractivity contribution >= 4 is 26.8 Å². The number of hydrogen-bond acceptors (Lipinski definition) is 3. The first-order valence-electron chi connectivity index (χ1n) is 10.1. The van der Waals surface area contributed by atoms with Gasteiger partial charge >= 0.3 is 0 Å². The predicted octanol–water partition coefficient (Wildman–Crippen LogP) is 4.64. The Kier molecular flexibility index (Phi) is 4.21. The molecule has 2 aliphatic heterocycles. The van der Waals surface area contributed by atoms with E-state index in [-0.39, 0.29) is 11.0 Å². The van der Waals surface area contributed by atoms with Gasteiger partial charge in [0.1, 0.15) is 5.82 Å². The van der Waals surface area contributed by atoms with E-state index in [9.17, 15) is 4.79 Å². The molecule has 1 unspecified atom stereocenters. The molecule has 3 aromatic rings. The molecule has 1 fully saturated rings. The van der Waals surface area contributed by atoms with Crippen LogP contribution in [0, 0.1) is 0 Å². The second-order valence-corrected chi connectivity index (χ2v) is 9.05. The van der Waals surface area contributed by atoms with Crippen molar-refractivity contribution in [3.05, 3.63) is 68.2 Å². The monoisotopic (exact) mass is 437 g/mol. The van der Waals surface area contributed by atoms with Gasteiger partial charge in [-0.15, -0.1) is 0 Å². The summed E-state index contributed by atoms with van der Waals surface area (Å²) in [5.41, 5.74) is 4.39. The zero-order valence-corrected chi connectivity index (χ0v) is 17.8. The first-order chi connectivity index (χ1) is 13.5. The number of aromatic nitrogens is 2. The second kappa shape index (κ2) is 6.53. The third-order valence-electron chi connectivity index (χ3n) is 6.73. The van der Waals surface area contributed by atoms with E-state index in [2.05, 4.69) is 62.8 Å². The maximum absolute atomic E-state index is 12.9. The molecule has 1 atom stereocenters. The average Bonchev–Trinajstić information content (AvgIpc) is 2.97. The number of nitrogens with one attached hydrogen (secondary N) is 1. The van der Waals surface area contributed by atoms with Crippen molar-refractivity contribution in [2.45, 2.75) is 44.4 Å². The van der Waals surface area contributed by atoms with Gasteiger partial charge in [0.2, 0.25) is 0 Å². The van der Waals surface area contributed by atoms with Gasteiger partial charge in [-0.25, -0.2) is 0 Å². The van der Waals surface area contributed by atoms with Gasteiger partial charge in [-0.1, -0.05) is 25.1 Å². The van der Waals surface area contributed by atoms with Crippen molar-refractivity contribution in [1.29, 1.82) is 0 Å². The third-order valence-corrected chi connectivity index (χ3v) is 7.39. The Morgan fingerprint density at radius 1 is 1.25 bits per heavy atom. The summed E-state index contributed by atoms with van der Waals surface area (Å²) in [6, 6.07) is 12.8. The van der Waals surface area contributed by atoms with Crippen LogP contribution in [0.4, 0.5) is 0 Å². The predicted molar refractivity (Wildman–Crippen MR) is 117 cm³/mol. The Balaban J connectivity index is 1.79. The van der Waals surface area contributed by atoms with Crippen LogP contribution >= 0.6 is 15.9 Å². The second-order valence-electron chi connectivity index (χ2n) is 8.20. The van der Waals surface area contributed by atoms with Crippen LogP contribution in [0.3, 0.4) is 0 Å². The fourth-order valence-electron chi connectivity index (χ4n) is 4.91. The van der Waals surface area contributed by atoms with E-state index >= 15 is 0 Å². The maximum atomic E-state index is 12.9. The molecule has 0 radical (unpaired) electrons. The van der Waals surface area contributed by atoms with Crippen LogP contribution in [0.2, 0.25) is 0 Å². The van der Waals surface area contributed by atoms with Crippen molar-refractivity contribution < 1.29 is 0 Å². The smallest absolute Gasteiger partial charge is 0.281 e. The number of halogens is 1. The summed E-state index contributed by atoms with van der Waals surface area (Å²) in [5.74, 6) is 1.47. The summed E-state index contributed by atoms with van der Waals surface area (Å²) in [6.45, 7) is 6.59. The standard InChI is InChI=1S/C23H24BrN3O/c1-3-23(2)16-13-15(14-9-11-25-12-10-14)7-8-18(16)27-19-6-4-5-17(24)20(19)21(28)26-22(23)27/h4-8,13-14,25H,3,9-12H2,1-2H3. The molecule has 1 N–H and O–H groups in total. The molecular weight excluding hydrogens is 414 g/mol. The van der Waals surface area contributed by atoms with Gasteiger partial charge in [0.15, 0.2) is 0 Å². The molecule has 0 saturated carbocycles. The quantitative estimate of drug-likeness (QED) is 0.634. The highest BCUT2D eigenvalue weighted by atomic mass is 79.9. The van der Waals surface area contributed by atoms with E-state index < -0.39 is 0 Å². The van der Waals surface area contributed by atoms with E-state index in [4.69, 9.17) is 0 Å². The van der Waals surface area contributed by atoms with E-state index in [1.54, 1.807) is 0 Å². The minimum Gasteiger partial charge on any atom is -0.317 e. The SMILES string of the molecule is CCC1(C)c2cc(C3CCNCC3)ccc2-n2c1nc(=O)c1c(Br)cccc12. The fraction of sp³-hybridized carbons (Fsp3) is 0.391. The van der Waals surface area contributed by atoms with Crippen LogP contribution < -0.4 is 10.9 Å². The van der Waals surface area contributed by atoms with Gasteiger partial charge in [-0.3, -0.25) is 9.36 Å². The van der Waals surface area contributed by atoms with Gasteiger partial charge in [-0.05, 0) is 90.4 Å². The zero-order valence-electron chi connectivity index (χ0n) is 16.3. The third kappa shape index (κ3) is 2.45. The van der Waals surface area contributed by atoms with Crippen molar-refractivity contribution in [2.24, 2.45) is 0 Å². The lowest BCUT2D eigenvalue weighted by molar-refractivity contribution is 0.459. The van der Waals surface area contributed by atoms with E-state index in [0.29, 0.717) is 11.3 Å². The molecule has 5 rings (SSSR count). The number of rotatable bonds is 2. The van der Waals surface area contributed by atoms with Crippen molar-refractivity contribution in [1.82, 2.24) is 14.9 Å². The Labute approximate surface area is 173 Å². The summed E-state index contributed by atoms with van der Waals surface area (Å²) in [4.78, 5) is 17.5. The van der Waals surface area contributed by atoms with Crippen LogP contribution in [-0.2, 0) is 5.41 Å². The largest absolute Gasteiger partial charge is 0.317 e. The number of benzene rings is 2. The lowest BCUT2D eigenvalue weighted by Crippen LogP contribution is -2.27. The molecule has 0 bridgehead atoms. The van der Waals surface area contributed by atoms with Gasteiger partial charge in [0.25, 0.3) is 5.56 Å². The first kappa shape index (κ1) is 18.1. The molecule has 1 saturated heterocycles. The van der Waals surface area contributed by atoms with Gasteiger partial charge in [-0.2, -0.15) is 4.98 Å². The molecule has 4 nitrogen and oxygen atoms in total. The van der Waals surface area contributed by atoms with Crippen molar-refractivity contribution in [3.63, 3.8) is 0 Å². The van der Waals surface area contributed by atoms with Crippen LogP contribution in [0.15, 0.2) is 45.7 Å². The molecule has 144 valence electrons. The number of piperidine rings is 1. The number of nitrogens with zero attached hydrogens (tertiary/aromatic N) is 2. The van der Waals surface area contributed by atoms with Crippen LogP contribution in [0.25, 0.3) is 16.6 Å². The highest BCUT2D eigenvalue weighted by Crippen LogP contribution is 2.46. The molecular formula is C23H24BrN3O. The van der Waals surface area contributed by atoms with Crippen LogP contribution in [0.1, 0.15) is 56.0 Å². The molecule has 5 heteroatoms. The molecule has 2 aliphatic rings. The van der Waals surface area contributed by atoms with Crippen molar-refractivity contribution in [2.75, 3.05) is 13.1 Å². The molecule has 2 aromatic carbocycles. The summed E-state index contributed by atoms with van der Waals surface area (Å²) < 4.78 is 3.00. The summed E-state index contributed by atoms with van der Waals surface area (Å²) >= 11 is 3.55. The average molecular weight is 438 g/mol. The first-order valence-corrected chi connectivity index (χ1v) is 10.9. The zero-order chi connectivity index (χ0) is 19.5.